The van der Waals surface area contributed by atoms with E-state index in [0.717, 1.165) is 23.1 Å². The maximum atomic E-state index is 13.8. The number of amides is 1. The quantitative estimate of drug-likeness (QED) is 0.404. The van der Waals surface area contributed by atoms with Crippen LogP contribution < -0.4 is 18.9 Å². The first-order chi connectivity index (χ1) is 16.6. The van der Waals surface area contributed by atoms with Crippen molar-refractivity contribution in [1.29, 1.82) is 0 Å². The van der Waals surface area contributed by atoms with Gasteiger partial charge in [0.25, 0.3) is 10.1 Å². The fourth-order valence-corrected chi connectivity index (χ4v) is 4.88. The summed E-state index contributed by atoms with van der Waals surface area (Å²) >= 11 is 0. The van der Waals surface area contributed by atoms with E-state index in [2.05, 4.69) is 0 Å². The lowest BCUT2D eigenvalue weighted by Gasteiger charge is -2.28. The van der Waals surface area contributed by atoms with Gasteiger partial charge in [0.05, 0.1) is 46.7 Å². The molecule has 0 spiro atoms. The summed E-state index contributed by atoms with van der Waals surface area (Å²) in [5.41, 5.74) is 1.02. The molecule has 1 heterocycles. The van der Waals surface area contributed by atoms with Crippen LogP contribution >= 0.6 is 0 Å². The Morgan fingerprint density at radius 3 is 2.06 bits per heavy atom. The van der Waals surface area contributed by atoms with Gasteiger partial charge in [-0.2, -0.15) is 8.42 Å². The number of benzene rings is 2. The van der Waals surface area contributed by atoms with Crippen molar-refractivity contribution in [2.75, 3.05) is 47.8 Å². The first-order valence-electron chi connectivity index (χ1n) is 11.2. The Morgan fingerprint density at radius 1 is 0.914 bits per heavy atom. The van der Waals surface area contributed by atoms with E-state index >= 15 is 0 Å². The third-order valence-electron chi connectivity index (χ3n) is 6.28. The number of nitrogens with zero attached hydrogens (tertiary/aromatic N) is 1. The van der Waals surface area contributed by atoms with E-state index in [1.807, 2.05) is 36.4 Å². The van der Waals surface area contributed by atoms with Crippen LogP contribution in [-0.2, 0) is 32.1 Å². The van der Waals surface area contributed by atoms with Crippen LogP contribution in [0.15, 0.2) is 36.4 Å². The second kappa shape index (κ2) is 11.2. The topological polar surface area (TPSA) is 101 Å². The monoisotopic (exact) mass is 507 g/mol. The van der Waals surface area contributed by atoms with Crippen LogP contribution in [0.25, 0.3) is 0 Å². The highest BCUT2D eigenvalue weighted by molar-refractivity contribution is 7.85. The molecule has 2 aromatic rings. The average molecular weight is 508 g/mol. The van der Waals surface area contributed by atoms with Crippen molar-refractivity contribution >= 4 is 16.0 Å². The van der Waals surface area contributed by atoms with Crippen molar-refractivity contribution in [2.24, 2.45) is 5.41 Å². The van der Waals surface area contributed by atoms with Gasteiger partial charge in [-0.25, -0.2) is 0 Å². The largest absolute Gasteiger partial charge is 0.497 e. The van der Waals surface area contributed by atoms with E-state index < -0.39 is 15.5 Å². The zero-order valence-corrected chi connectivity index (χ0v) is 21.6. The predicted molar refractivity (Wildman–Crippen MR) is 131 cm³/mol. The molecule has 35 heavy (non-hydrogen) atoms. The molecule has 2 aromatic carbocycles. The van der Waals surface area contributed by atoms with Gasteiger partial charge in [-0.15, -0.1) is 0 Å². The van der Waals surface area contributed by atoms with Crippen LogP contribution in [0, 0.1) is 5.41 Å². The number of hydrogen-bond donors (Lipinski definition) is 0. The molecule has 0 saturated carbocycles. The van der Waals surface area contributed by atoms with Crippen molar-refractivity contribution in [1.82, 2.24) is 4.90 Å². The highest BCUT2D eigenvalue weighted by Crippen LogP contribution is 2.42. The molecule has 0 bridgehead atoms. The Hall–Kier alpha value is -2.98. The fourth-order valence-electron chi connectivity index (χ4n) is 4.50. The van der Waals surface area contributed by atoms with Crippen molar-refractivity contribution in [3.05, 3.63) is 47.5 Å². The molecule has 0 radical (unpaired) electrons. The third-order valence-corrected chi connectivity index (χ3v) is 6.87. The van der Waals surface area contributed by atoms with Gasteiger partial charge >= 0.3 is 0 Å². The Kier molecular flexibility index (Phi) is 8.50. The molecule has 0 N–H and O–H groups in total. The Bertz CT molecular complexity index is 1110. The Labute approximate surface area is 207 Å². The van der Waals surface area contributed by atoms with E-state index in [4.69, 9.17) is 23.1 Å². The summed E-state index contributed by atoms with van der Waals surface area (Å²) in [6, 6.07) is 11.2. The summed E-state index contributed by atoms with van der Waals surface area (Å²) in [6.45, 7) is 0.829. The first kappa shape index (κ1) is 26.6. The van der Waals surface area contributed by atoms with E-state index in [1.165, 1.54) is 7.11 Å². The smallest absolute Gasteiger partial charge is 0.264 e. The molecule has 3 rings (SSSR count). The van der Waals surface area contributed by atoms with E-state index in [-0.39, 0.29) is 18.9 Å². The zero-order valence-electron chi connectivity index (χ0n) is 20.8. The lowest BCUT2D eigenvalue weighted by molar-refractivity contribution is -0.137. The van der Waals surface area contributed by atoms with E-state index in [1.54, 1.807) is 26.2 Å². The molecule has 1 fully saturated rings. The highest BCUT2D eigenvalue weighted by atomic mass is 32.2. The van der Waals surface area contributed by atoms with E-state index in [9.17, 15) is 13.2 Å². The minimum absolute atomic E-state index is 0.0424. The summed E-state index contributed by atoms with van der Waals surface area (Å²) in [5.74, 6) is 2.20. The molecular weight excluding hydrogens is 474 g/mol. The van der Waals surface area contributed by atoms with Crippen LogP contribution in [0.1, 0.15) is 24.0 Å². The average Bonchev–Trinajstić information content (AvgIpc) is 3.12. The molecule has 0 aliphatic carbocycles. The maximum Gasteiger partial charge on any atom is 0.264 e. The van der Waals surface area contributed by atoms with Crippen molar-refractivity contribution in [3.8, 4) is 23.0 Å². The van der Waals surface area contributed by atoms with Gasteiger partial charge in [-0.05, 0) is 54.7 Å². The molecule has 1 amide bonds. The van der Waals surface area contributed by atoms with Crippen molar-refractivity contribution in [3.63, 3.8) is 0 Å². The van der Waals surface area contributed by atoms with Gasteiger partial charge in [0, 0.05) is 13.1 Å². The van der Waals surface area contributed by atoms with Crippen molar-refractivity contribution < 1.29 is 36.3 Å². The van der Waals surface area contributed by atoms with Crippen LogP contribution in [0.2, 0.25) is 0 Å². The van der Waals surface area contributed by atoms with Crippen LogP contribution in [-0.4, -0.2) is 67.1 Å². The van der Waals surface area contributed by atoms with Gasteiger partial charge in [-0.1, -0.05) is 12.1 Å². The second-order valence-corrected chi connectivity index (χ2v) is 10.2. The summed E-state index contributed by atoms with van der Waals surface area (Å²) < 4.78 is 49.6. The molecule has 1 saturated heterocycles. The van der Waals surface area contributed by atoms with Crippen LogP contribution in [0.3, 0.4) is 0 Å². The minimum Gasteiger partial charge on any atom is -0.497 e. The van der Waals surface area contributed by atoms with Crippen LogP contribution in [0.4, 0.5) is 0 Å². The molecule has 1 aliphatic rings. The van der Waals surface area contributed by atoms with Gasteiger partial charge in [0.2, 0.25) is 11.7 Å². The lowest BCUT2D eigenvalue weighted by Crippen LogP contribution is -2.37. The number of hydrogen-bond acceptors (Lipinski definition) is 8. The summed E-state index contributed by atoms with van der Waals surface area (Å²) in [4.78, 5) is 15.5. The fraction of sp³-hybridized carbons (Fsp3) is 0.480. The Balaban J connectivity index is 1.86. The Morgan fingerprint density at radius 2 is 1.54 bits per heavy atom. The third kappa shape index (κ3) is 6.37. The molecule has 1 atom stereocenters. The van der Waals surface area contributed by atoms with Gasteiger partial charge in [0.1, 0.15) is 5.75 Å². The lowest BCUT2D eigenvalue weighted by atomic mass is 9.77. The SMILES string of the molecule is COc1ccc(CC2(CCOS(C)(=O)=O)CCN(Cc3cc(OC)c(OC)c(OC)c3)C2=O)cc1. The zero-order chi connectivity index (χ0) is 25.6. The molecule has 1 aliphatic heterocycles. The number of likely N-dealkylation sites (tertiary alicyclic amines) is 1. The van der Waals surface area contributed by atoms with E-state index in [0.29, 0.717) is 43.2 Å². The normalized spacial score (nSPS) is 18.0. The maximum absolute atomic E-state index is 13.8. The minimum atomic E-state index is -3.61. The second-order valence-electron chi connectivity index (χ2n) is 8.59. The molecule has 9 nitrogen and oxygen atoms in total. The summed E-state index contributed by atoms with van der Waals surface area (Å²) in [5, 5.41) is 0. The molecular formula is C25H33NO8S. The van der Waals surface area contributed by atoms with Gasteiger partial charge < -0.3 is 23.8 Å². The standard InChI is InChI=1S/C25H33NO8S/c1-30-20-8-6-18(7-9-20)16-25(11-13-34-35(5,28)29)10-12-26(24(25)27)17-19-14-21(31-2)23(33-4)22(15-19)32-3/h6-9,14-15H,10-13,16-17H2,1-5H3. The molecule has 192 valence electrons. The van der Waals surface area contributed by atoms with Crippen molar-refractivity contribution in [2.45, 2.75) is 25.8 Å². The number of carbonyl (C=O) groups excluding carboxylic acids is 1. The highest BCUT2D eigenvalue weighted by Gasteiger charge is 2.46. The number of carbonyl (C=O) groups is 1. The molecule has 0 aromatic heterocycles. The predicted octanol–water partition coefficient (Wildman–Crippen LogP) is 3.05. The summed E-state index contributed by atoms with van der Waals surface area (Å²) in [6.07, 6.45) is 2.34. The van der Waals surface area contributed by atoms with Gasteiger partial charge in [-0.3, -0.25) is 8.98 Å². The summed E-state index contributed by atoms with van der Waals surface area (Å²) in [7, 11) is 2.62. The molecule has 10 heteroatoms. The van der Waals surface area contributed by atoms with Crippen LogP contribution in [0.5, 0.6) is 23.0 Å². The number of rotatable bonds is 12. The molecule has 1 unspecified atom stereocenters. The number of methoxy groups -OCH3 is 4. The van der Waals surface area contributed by atoms with Gasteiger partial charge in [0.15, 0.2) is 11.5 Å². The first-order valence-corrected chi connectivity index (χ1v) is 13.0. The number of ether oxygens (including phenoxy) is 4.